The highest BCUT2D eigenvalue weighted by Gasteiger charge is 2.44. The number of carbonyl (C=O) groups is 1. The van der Waals surface area contributed by atoms with Crippen LogP contribution in [-0.4, -0.2) is 23.9 Å². The number of rotatable bonds is 1. The van der Waals surface area contributed by atoms with Gasteiger partial charge in [0.1, 0.15) is 0 Å². The zero-order chi connectivity index (χ0) is 8.84. The Morgan fingerprint density at radius 1 is 1.38 bits per heavy atom. The van der Waals surface area contributed by atoms with E-state index in [0.29, 0.717) is 24.5 Å². The average Bonchev–Trinajstić information content (AvgIpc) is 2.77. The lowest BCUT2D eigenvalue weighted by molar-refractivity contribution is -0.140. The molecule has 0 aromatic rings. The first kappa shape index (κ1) is 7.50. The van der Waals surface area contributed by atoms with E-state index in [2.05, 4.69) is 9.99 Å². The zero-order valence-electron chi connectivity index (χ0n) is 7.23. The highest BCUT2D eigenvalue weighted by Crippen LogP contribution is 2.40. The second-order valence-electron chi connectivity index (χ2n) is 3.94. The Balaban J connectivity index is 1.76. The lowest BCUT2D eigenvalue weighted by Crippen LogP contribution is -2.24. The van der Waals surface area contributed by atoms with Crippen LogP contribution in [0.5, 0.6) is 0 Å². The van der Waals surface area contributed by atoms with Gasteiger partial charge in [0, 0.05) is 5.92 Å². The minimum absolute atomic E-state index is 0.224. The molecule has 13 heavy (non-hydrogen) atoms. The highest BCUT2D eigenvalue weighted by molar-refractivity contribution is 6.03. The van der Waals surface area contributed by atoms with Crippen molar-refractivity contribution in [2.45, 2.75) is 37.9 Å². The Hall–Kier alpha value is -0.900. The Morgan fingerprint density at radius 3 is 2.85 bits per heavy atom. The van der Waals surface area contributed by atoms with Crippen LogP contribution in [-0.2, 0) is 14.4 Å². The molecule has 3 atom stereocenters. The molecule has 0 spiro atoms. The molecule has 0 amide bonds. The molecule has 3 aliphatic rings. The van der Waals surface area contributed by atoms with Gasteiger partial charge >= 0.3 is 5.97 Å². The molecule has 0 aromatic heterocycles. The van der Waals surface area contributed by atoms with Gasteiger partial charge in [0.15, 0.2) is 0 Å². The van der Waals surface area contributed by atoms with E-state index in [9.17, 15) is 4.79 Å². The smallest absolute Gasteiger partial charge is 0.340 e. The van der Waals surface area contributed by atoms with Gasteiger partial charge in [0.2, 0.25) is 0 Å². The van der Waals surface area contributed by atoms with Crippen molar-refractivity contribution in [3.63, 3.8) is 0 Å². The topological polar surface area (TPSA) is 47.9 Å². The molecule has 0 saturated carbocycles. The van der Waals surface area contributed by atoms with Crippen molar-refractivity contribution in [3.05, 3.63) is 0 Å². The predicted molar refractivity (Wildman–Crippen MR) is 44.1 cm³/mol. The molecule has 2 saturated heterocycles. The number of hydrogen-bond donors (Lipinski definition) is 0. The van der Waals surface area contributed by atoms with Crippen molar-refractivity contribution in [1.82, 2.24) is 0 Å². The largest absolute Gasteiger partial charge is 0.374 e. The third kappa shape index (κ3) is 1.09. The summed E-state index contributed by atoms with van der Waals surface area (Å²) in [6.07, 6.45) is 4.40. The Bertz CT molecular complexity index is 287. The van der Waals surface area contributed by atoms with Gasteiger partial charge in [-0.15, -0.1) is 0 Å². The van der Waals surface area contributed by atoms with E-state index in [1.807, 2.05) is 0 Å². The maximum absolute atomic E-state index is 10.8. The van der Waals surface area contributed by atoms with Crippen molar-refractivity contribution in [2.24, 2.45) is 11.1 Å². The number of carbonyl (C=O) groups excluding carboxylic acids is 1. The number of ether oxygens (including phenoxy) is 1. The lowest BCUT2D eigenvalue weighted by atomic mass is 9.85. The van der Waals surface area contributed by atoms with Gasteiger partial charge in [0.25, 0.3) is 0 Å². The van der Waals surface area contributed by atoms with Crippen molar-refractivity contribution >= 4 is 11.7 Å². The second kappa shape index (κ2) is 2.54. The molecule has 0 radical (unpaired) electrons. The quantitative estimate of drug-likeness (QED) is 0.563. The van der Waals surface area contributed by atoms with Gasteiger partial charge in [-0.05, 0) is 19.3 Å². The van der Waals surface area contributed by atoms with E-state index in [1.165, 1.54) is 6.42 Å². The van der Waals surface area contributed by atoms with Gasteiger partial charge in [-0.2, -0.15) is 0 Å². The standard InChI is InChI=1S/C9H11NO3/c11-9-4-7(10-13-9)6-3-5-1-2-8(6)12-5/h5-6,8H,1-4H2. The predicted octanol–water partition coefficient (Wildman–Crippen LogP) is 0.857. The summed E-state index contributed by atoms with van der Waals surface area (Å²) in [6.45, 7) is 0. The van der Waals surface area contributed by atoms with Gasteiger partial charge in [-0.1, -0.05) is 5.16 Å². The van der Waals surface area contributed by atoms with Crippen LogP contribution in [0.25, 0.3) is 0 Å². The lowest BCUT2D eigenvalue weighted by Gasteiger charge is -2.16. The maximum atomic E-state index is 10.8. The molecule has 3 rings (SSSR count). The molecule has 0 N–H and O–H groups in total. The number of nitrogens with zero attached hydrogens (tertiary/aromatic N) is 1. The maximum Gasteiger partial charge on any atom is 0.340 e. The summed E-state index contributed by atoms with van der Waals surface area (Å²) < 4.78 is 5.68. The van der Waals surface area contributed by atoms with Gasteiger partial charge < -0.3 is 9.57 Å². The van der Waals surface area contributed by atoms with Crippen LogP contribution < -0.4 is 0 Å². The summed E-state index contributed by atoms with van der Waals surface area (Å²) in [5.74, 6) is 0.128. The summed E-state index contributed by atoms with van der Waals surface area (Å²) in [5.41, 5.74) is 0.900. The molecular weight excluding hydrogens is 170 g/mol. The van der Waals surface area contributed by atoms with E-state index in [-0.39, 0.29) is 5.97 Å². The van der Waals surface area contributed by atoms with E-state index in [1.54, 1.807) is 0 Å². The Labute approximate surface area is 75.9 Å². The first-order valence-corrected chi connectivity index (χ1v) is 4.75. The van der Waals surface area contributed by atoms with E-state index >= 15 is 0 Å². The molecule has 2 bridgehead atoms. The van der Waals surface area contributed by atoms with Crippen LogP contribution in [0, 0.1) is 5.92 Å². The molecule has 0 aliphatic carbocycles. The van der Waals surface area contributed by atoms with Crippen LogP contribution in [0.1, 0.15) is 25.7 Å². The fourth-order valence-electron chi connectivity index (χ4n) is 2.51. The minimum Gasteiger partial charge on any atom is -0.374 e. The van der Waals surface area contributed by atoms with Crippen LogP contribution >= 0.6 is 0 Å². The Morgan fingerprint density at radius 2 is 2.31 bits per heavy atom. The molecule has 4 heteroatoms. The highest BCUT2D eigenvalue weighted by atomic mass is 16.7. The van der Waals surface area contributed by atoms with Crippen LogP contribution in [0.3, 0.4) is 0 Å². The van der Waals surface area contributed by atoms with E-state index < -0.39 is 0 Å². The Kier molecular flexibility index (Phi) is 1.47. The first-order chi connectivity index (χ1) is 6.33. The van der Waals surface area contributed by atoms with Crippen molar-refractivity contribution in [1.29, 1.82) is 0 Å². The third-order valence-corrected chi connectivity index (χ3v) is 3.12. The molecule has 4 nitrogen and oxygen atoms in total. The van der Waals surface area contributed by atoms with Crippen molar-refractivity contribution < 1.29 is 14.4 Å². The molecule has 3 unspecified atom stereocenters. The minimum atomic E-state index is -0.224. The second-order valence-corrected chi connectivity index (χ2v) is 3.94. The number of oxime groups is 1. The molecule has 2 fully saturated rings. The monoisotopic (exact) mass is 181 g/mol. The van der Waals surface area contributed by atoms with Crippen LogP contribution in [0.15, 0.2) is 5.16 Å². The molecule has 3 aliphatic heterocycles. The van der Waals surface area contributed by atoms with Gasteiger partial charge in [-0.25, -0.2) is 4.79 Å². The number of fused-ring (bicyclic) bond motifs is 2. The molecule has 3 heterocycles. The third-order valence-electron chi connectivity index (χ3n) is 3.12. The SMILES string of the molecule is O=C1CC(C2CC3CCC2O3)=NO1. The fourth-order valence-corrected chi connectivity index (χ4v) is 2.51. The van der Waals surface area contributed by atoms with Crippen LogP contribution in [0.2, 0.25) is 0 Å². The molecule has 0 aromatic carbocycles. The molecule has 70 valence electrons. The van der Waals surface area contributed by atoms with Crippen molar-refractivity contribution in [2.75, 3.05) is 0 Å². The summed E-state index contributed by atoms with van der Waals surface area (Å²) in [5, 5.41) is 3.80. The fraction of sp³-hybridized carbons (Fsp3) is 0.778. The van der Waals surface area contributed by atoms with Crippen LogP contribution in [0.4, 0.5) is 0 Å². The van der Waals surface area contributed by atoms with E-state index in [0.717, 1.165) is 18.6 Å². The van der Waals surface area contributed by atoms with Gasteiger partial charge in [0.05, 0.1) is 24.3 Å². The summed E-state index contributed by atoms with van der Waals surface area (Å²) in [7, 11) is 0. The summed E-state index contributed by atoms with van der Waals surface area (Å²) >= 11 is 0. The molecular formula is C9H11NO3. The first-order valence-electron chi connectivity index (χ1n) is 4.75. The average molecular weight is 181 g/mol. The summed E-state index contributed by atoms with van der Waals surface area (Å²) in [4.78, 5) is 15.4. The summed E-state index contributed by atoms with van der Waals surface area (Å²) in [6, 6.07) is 0. The normalized spacial score (nSPS) is 42.3. The van der Waals surface area contributed by atoms with Crippen molar-refractivity contribution in [3.8, 4) is 0 Å². The van der Waals surface area contributed by atoms with E-state index in [4.69, 9.17) is 4.74 Å². The zero-order valence-corrected chi connectivity index (χ0v) is 7.23. The van der Waals surface area contributed by atoms with Gasteiger partial charge in [-0.3, -0.25) is 0 Å². The number of hydrogen-bond acceptors (Lipinski definition) is 4.